The van der Waals surface area contributed by atoms with Crippen molar-refractivity contribution in [3.63, 3.8) is 0 Å². The van der Waals surface area contributed by atoms with Crippen molar-refractivity contribution in [2.24, 2.45) is 0 Å². The molecular weight excluding hydrogens is 422 g/mol. The predicted molar refractivity (Wildman–Crippen MR) is 126 cm³/mol. The fourth-order valence-corrected chi connectivity index (χ4v) is 4.91. The Labute approximate surface area is 191 Å². The second-order valence-corrected chi connectivity index (χ2v) is 9.58. The molecule has 1 unspecified atom stereocenters. The van der Waals surface area contributed by atoms with Crippen molar-refractivity contribution in [2.75, 3.05) is 32.7 Å². The monoisotopic (exact) mass is 451 g/mol. The highest BCUT2D eigenvalue weighted by Crippen LogP contribution is 2.24. The van der Waals surface area contributed by atoms with E-state index in [0.29, 0.717) is 28.7 Å². The summed E-state index contributed by atoms with van der Waals surface area (Å²) in [6.07, 6.45) is 0. The lowest BCUT2D eigenvalue weighted by molar-refractivity contribution is 0.0643. The molecule has 1 aliphatic rings. The first-order valence-electron chi connectivity index (χ1n) is 11.0. The van der Waals surface area contributed by atoms with Crippen LogP contribution in [0.5, 0.6) is 0 Å². The summed E-state index contributed by atoms with van der Waals surface area (Å²) in [7, 11) is -1.19. The largest absolute Gasteiger partial charge is 0.441 e. The van der Waals surface area contributed by atoms with Gasteiger partial charge in [0.05, 0.1) is 22.2 Å². The van der Waals surface area contributed by atoms with Crippen LogP contribution in [-0.2, 0) is 16.6 Å². The van der Waals surface area contributed by atoms with Gasteiger partial charge in [-0.15, -0.1) is 0 Å². The molecule has 0 spiro atoms. The summed E-state index contributed by atoms with van der Waals surface area (Å²) in [4.78, 5) is 22.4. The molecule has 0 aliphatic carbocycles. The van der Waals surface area contributed by atoms with Gasteiger partial charge in [-0.2, -0.15) is 0 Å². The number of aryl methyl sites for hydroxylation is 2. The van der Waals surface area contributed by atoms with E-state index in [1.54, 1.807) is 0 Å². The van der Waals surface area contributed by atoms with Gasteiger partial charge in [-0.3, -0.25) is 9.00 Å². The normalized spacial score (nSPS) is 15.7. The number of rotatable bonds is 6. The number of carbonyl (C=O) groups is 1. The van der Waals surface area contributed by atoms with Crippen LogP contribution in [0.15, 0.2) is 57.8 Å². The number of hydrogen-bond acceptors (Lipinski definition) is 5. The minimum absolute atomic E-state index is 0.0603. The minimum Gasteiger partial charge on any atom is -0.441 e. The van der Waals surface area contributed by atoms with E-state index in [1.165, 1.54) is 0 Å². The molecule has 0 saturated carbocycles. The fourth-order valence-electron chi connectivity index (χ4n) is 3.79. The number of nitrogens with zero attached hydrogens (tertiary/aromatic N) is 3. The average Bonchev–Trinajstić information content (AvgIpc) is 3.19. The van der Waals surface area contributed by atoms with Gasteiger partial charge >= 0.3 is 0 Å². The Balaban J connectivity index is 1.44. The van der Waals surface area contributed by atoms with Gasteiger partial charge in [0.1, 0.15) is 5.76 Å². The molecule has 2 aromatic carbocycles. The van der Waals surface area contributed by atoms with Crippen molar-refractivity contribution >= 4 is 16.7 Å². The van der Waals surface area contributed by atoms with Gasteiger partial charge in [-0.1, -0.05) is 24.6 Å². The van der Waals surface area contributed by atoms with Crippen molar-refractivity contribution < 1.29 is 13.4 Å². The molecule has 2 heterocycles. The lowest BCUT2D eigenvalue weighted by Crippen LogP contribution is -2.48. The molecule has 1 atom stereocenters. The van der Waals surface area contributed by atoms with Crippen molar-refractivity contribution in [3.05, 3.63) is 71.1 Å². The maximum Gasteiger partial charge on any atom is 0.253 e. The zero-order valence-electron chi connectivity index (χ0n) is 18.8. The van der Waals surface area contributed by atoms with Gasteiger partial charge in [0.2, 0.25) is 5.89 Å². The van der Waals surface area contributed by atoms with Crippen LogP contribution in [-0.4, -0.2) is 57.6 Å². The van der Waals surface area contributed by atoms with Crippen molar-refractivity contribution in [1.29, 1.82) is 0 Å². The van der Waals surface area contributed by atoms with Crippen LogP contribution in [0.2, 0.25) is 0 Å². The lowest BCUT2D eigenvalue weighted by atomic mass is 10.1. The quantitative estimate of drug-likeness (QED) is 0.566. The Bertz CT molecular complexity index is 1100. The molecule has 1 fully saturated rings. The molecular formula is C25H29N3O3S. The Morgan fingerprint density at radius 1 is 1.00 bits per heavy atom. The molecule has 0 radical (unpaired) electrons. The maximum atomic E-state index is 12.8. The summed E-state index contributed by atoms with van der Waals surface area (Å²) in [6.45, 7) is 10.4. The molecule has 32 heavy (non-hydrogen) atoms. The number of likely N-dealkylation sites (N-methyl/N-ethyl adjacent to an activating group) is 1. The van der Waals surface area contributed by atoms with Crippen molar-refractivity contribution in [2.45, 2.75) is 31.4 Å². The molecule has 3 aromatic rings. The van der Waals surface area contributed by atoms with E-state index in [2.05, 4.69) is 16.8 Å². The highest BCUT2D eigenvalue weighted by molar-refractivity contribution is 7.84. The maximum absolute atomic E-state index is 12.8. The van der Waals surface area contributed by atoms with Crippen LogP contribution >= 0.6 is 0 Å². The van der Waals surface area contributed by atoms with Gasteiger partial charge in [0.15, 0.2) is 0 Å². The highest BCUT2D eigenvalue weighted by Gasteiger charge is 2.22. The zero-order chi connectivity index (χ0) is 22.7. The van der Waals surface area contributed by atoms with Gasteiger partial charge in [-0.25, -0.2) is 4.98 Å². The van der Waals surface area contributed by atoms with Crippen LogP contribution in [0.4, 0.5) is 0 Å². The third-order valence-electron chi connectivity index (χ3n) is 5.93. The Hall–Kier alpha value is -2.77. The standard InChI is InChI=1S/C25H29N3O3S/c1-4-27-13-15-28(16-14-27)25(29)21-9-7-20(8-10-21)24-26-23(19(3)31-24)17-32(30)22-11-5-18(2)6-12-22/h5-12H,4,13-17H2,1-3H3. The van der Waals surface area contributed by atoms with Gasteiger partial charge < -0.3 is 14.2 Å². The highest BCUT2D eigenvalue weighted by atomic mass is 32.2. The summed E-state index contributed by atoms with van der Waals surface area (Å²) >= 11 is 0. The van der Waals surface area contributed by atoms with E-state index in [1.807, 2.05) is 67.3 Å². The summed E-state index contributed by atoms with van der Waals surface area (Å²) in [5.74, 6) is 1.51. The van der Waals surface area contributed by atoms with Crippen molar-refractivity contribution in [3.8, 4) is 11.5 Å². The second-order valence-electron chi connectivity index (χ2n) is 8.13. The van der Waals surface area contributed by atoms with Crippen LogP contribution in [0, 0.1) is 13.8 Å². The average molecular weight is 452 g/mol. The predicted octanol–water partition coefficient (Wildman–Crippen LogP) is 4.04. The van der Waals surface area contributed by atoms with Crippen LogP contribution in [0.1, 0.15) is 34.3 Å². The Morgan fingerprint density at radius 2 is 1.66 bits per heavy atom. The van der Waals surface area contributed by atoms with E-state index in [4.69, 9.17) is 4.42 Å². The summed E-state index contributed by atoms with van der Waals surface area (Å²) in [6, 6.07) is 15.1. The minimum atomic E-state index is -1.19. The summed E-state index contributed by atoms with van der Waals surface area (Å²) in [5, 5.41) is 0. The molecule has 4 rings (SSSR count). The van der Waals surface area contributed by atoms with Gasteiger partial charge in [0.25, 0.3) is 5.91 Å². The Morgan fingerprint density at radius 3 is 2.28 bits per heavy atom. The third kappa shape index (κ3) is 5.00. The van der Waals surface area contributed by atoms with Crippen LogP contribution in [0.3, 0.4) is 0 Å². The van der Waals surface area contributed by atoms with Crippen molar-refractivity contribution in [1.82, 2.24) is 14.8 Å². The van der Waals surface area contributed by atoms with E-state index in [-0.39, 0.29) is 5.91 Å². The van der Waals surface area contributed by atoms with Crippen LogP contribution in [0.25, 0.3) is 11.5 Å². The fraction of sp³-hybridized carbons (Fsp3) is 0.360. The van der Waals surface area contributed by atoms with Crippen LogP contribution < -0.4 is 0 Å². The molecule has 168 valence electrons. The molecule has 1 amide bonds. The number of piperazine rings is 1. The molecule has 0 N–H and O–H groups in total. The third-order valence-corrected chi connectivity index (χ3v) is 7.26. The number of carbonyl (C=O) groups excluding carboxylic acids is 1. The van der Waals surface area contributed by atoms with Gasteiger partial charge in [-0.05, 0) is 56.8 Å². The number of aromatic nitrogens is 1. The molecule has 7 heteroatoms. The number of amides is 1. The number of oxazole rings is 1. The van der Waals surface area contributed by atoms with Gasteiger partial charge in [0, 0.05) is 42.2 Å². The van der Waals surface area contributed by atoms with E-state index < -0.39 is 10.8 Å². The van der Waals surface area contributed by atoms with E-state index >= 15 is 0 Å². The number of hydrogen-bond donors (Lipinski definition) is 0. The first kappa shape index (κ1) is 22.4. The number of benzene rings is 2. The summed E-state index contributed by atoms with van der Waals surface area (Å²) in [5.41, 5.74) is 3.29. The first-order chi connectivity index (χ1) is 15.4. The molecule has 1 aliphatic heterocycles. The molecule has 1 saturated heterocycles. The smallest absolute Gasteiger partial charge is 0.253 e. The zero-order valence-corrected chi connectivity index (χ0v) is 19.7. The van der Waals surface area contributed by atoms with E-state index in [9.17, 15) is 9.00 Å². The lowest BCUT2D eigenvalue weighted by Gasteiger charge is -2.34. The van der Waals surface area contributed by atoms with E-state index in [0.717, 1.165) is 48.7 Å². The second kappa shape index (κ2) is 9.79. The Kier molecular flexibility index (Phi) is 6.86. The SMILES string of the molecule is CCN1CCN(C(=O)c2ccc(-c3nc(CS(=O)c4ccc(C)cc4)c(C)o3)cc2)CC1. The topological polar surface area (TPSA) is 66.7 Å². The summed E-state index contributed by atoms with van der Waals surface area (Å²) < 4.78 is 18.6. The molecule has 1 aromatic heterocycles. The first-order valence-corrected chi connectivity index (χ1v) is 12.3. The molecule has 0 bridgehead atoms. The molecule has 6 nitrogen and oxygen atoms in total.